The molecule has 0 saturated carbocycles. The molecule has 2 nitrogen and oxygen atoms in total. The molecule has 0 spiro atoms. The topological polar surface area (TPSA) is 29.1 Å². The molecule has 0 aliphatic rings. The molecule has 0 bridgehead atoms. The van der Waals surface area contributed by atoms with Crippen LogP contribution < -0.4 is 5.32 Å². The fourth-order valence-corrected chi connectivity index (χ4v) is 2.59. The molecule has 0 saturated heterocycles. The molecular weight excluding hydrogens is 405 g/mol. The maximum Gasteiger partial charge on any atom is 0.255 e. The molecule has 20 heavy (non-hydrogen) atoms. The third-order valence-electron chi connectivity index (χ3n) is 2.78. The van der Waals surface area contributed by atoms with E-state index in [1.807, 2.05) is 24.3 Å². The van der Waals surface area contributed by atoms with Gasteiger partial charge in [0, 0.05) is 21.1 Å². The van der Waals surface area contributed by atoms with Crippen LogP contribution in [0.2, 0.25) is 5.02 Å². The fourth-order valence-electron chi connectivity index (χ4n) is 1.70. The second-order valence-corrected chi connectivity index (χ2v) is 6.27. The lowest BCUT2D eigenvalue weighted by Gasteiger charge is -2.07. The Hall–Kier alpha value is -0.840. The summed E-state index contributed by atoms with van der Waals surface area (Å²) in [6, 6.07) is 12.9. The minimum Gasteiger partial charge on any atom is -0.322 e. The SMILES string of the molecule is O=C(Nc1ccc(CCBr)cc1)c1ccc(Br)c(Cl)c1. The Labute approximate surface area is 139 Å². The van der Waals surface area contributed by atoms with Crippen LogP contribution >= 0.6 is 43.5 Å². The highest BCUT2D eigenvalue weighted by atomic mass is 79.9. The molecule has 1 N–H and O–H groups in total. The van der Waals surface area contributed by atoms with Crippen molar-refractivity contribution in [2.45, 2.75) is 6.42 Å². The molecule has 0 radical (unpaired) electrons. The summed E-state index contributed by atoms with van der Waals surface area (Å²) >= 11 is 12.7. The van der Waals surface area contributed by atoms with Gasteiger partial charge in [0.15, 0.2) is 0 Å². The molecule has 2 aromatic carbocycles. The minimum atomic E-state index is -0.173. The van der Waals surface area contributed by atoms with E-state index in [2.05, 4.69) is 37.2 Å². The summed E-state index contributed by atoms with van der Waals surface area (Å²) in [5, 5.41) is 4.30. The maximum absolute atomic E-state index is 12.1. The summed E-state index contributed by atoms with van der Waals surface area (Å²) < 4.78 is 0.773. The quantitative estimate of drug-likeness (QED) is 0.673. The first-order chi connectivity index (χ1) is 9.60. The van der Waals surface area contributed by atoms with Crippen molar-refractivity contribution in [1.29, 1.82) is 0 Å². The zero-order valence-corrected chi connectivity index (χ0v) is 14.4. The van der Waals surface area contributed by atoms with E-state index in [4.69, 9.17) is 11.6 Å². The van der Waals surface area contributed by atoms with E-state index < -0.39 is 0 Å². The van der Waals surface area contributed by atoms with Gasteiger partial charge in [-0.3, -0.25) is 4.79 Å². The Bertz CT molecular complexity index is 614. The number of rotatable bonds is 4. The van der Waals surface area contributed by atoms with Crippen molar-refractivity contribution in [2.75, 3.05) is 10.6 Å². The number of hydrogen-bond donors (Lipinski definition) is 1. The van der Waals surface area contributed by atoms with Crippen molar-refractivity contribution in [2.24, 2.45) is 0 Å². The molecular formula is C15H12Br2ClNO. The van der Waals surface area contributed by atoms with E-state index in [1.54, 1.807) is 18.2 Å². The fraction of sp³-hybridized carbons (Fsp3) is 0.133. The molecule has 2 rings (SSSR count). The number of carbonyl (C=O) groups excluding carboxylic acids is 1. The van der Waals surface area contributed by atoms with Gasteiger partial charge < -0.3 is 5.32 Å². The van der Waals surface area contributed by atoms with Crippen LogP contribution in [0.15, 0.2) is 46.9 Å². The summed E-state index contributed by atoms with van der Waals surface area (Å²) in [4.78, 5) is 12.1. The number of benzene rings is 2. The average Bonchev–Trinajstić information content (AvgIpc) is 2.44. The van der Waals surface area contributed by atoms with E-state index in [-0.39, 0.29) is 5.91 Å². The summed E-state index contributed by atoms with van der Waals surface area (Å²) in [5.74, 6) is -0.173. The number of hydrogen-bond acceptors (Lipinski definition) is 1. The summed E-state index contributed by atoms with van der Waals surface area (Å²) in [7, 11) is 0. The molecule has 104 valence electrons. The van der Waals surface area contributed by atoms with Crippen LogP contribution in [0.25, 0.3) is 0 Å². The third kappa shape index (κ3) is 4.08. The van der Waals surface area contributed by atoms with Gasteiger partial charge in [-0.05, 0) is 58.2 Å². The van der Waals surface area contributed by atoms with E-state index in [0.717, 1.165) is 21.9 Å². The molecule has 0 unspecified atom stereocenters. The Kier molecular flexibility index (Phi) is 5.64. The average molecular weight is 418 g/mol. The van der Waals surface area contributed by atoms with Crippen LogP contribution in [0.1, 0.15) is 15.9 Å². The van der Waals surface area contributed by atoms with Crippen molar-refractivity contribution in [3.8, 4) is 0 Å². The Morgan fingerprint density at radius 1 is 1.15 bits per heavy atom. The number of halogens is 3. The summed E-state index contributed by atoms with van der Waals surface area (Å²) in [6.45, 7) is 0. The van der Waals surface area contributed by atoms with E-state index in [0.29, 0.717) is 10.6 Å². The van der Waals surface area contributed by atoms with Gasteiger partial charge in [0.1, 0.15) is 0 Å². The standard InChI is InChI=1S/C15H12Br2ClNO/c16-8-7-10-1-4-12(5-2-10)19-15(20)11-3-6-13(17)14(18)9-11/h1-6,9H,7-8H2,(H,19,20). The van der Waals surface area contributed by atoms with Crippen LogP contribution in [0.5, 0.6) is 0 Å². The molecule has 5 heteroatoms. The van der Waals surface area contributed by atoms with Crippen LogP contribution in [0, 0.1) is 0 Å². The lowest BCUT2D eigenvalue weighted by Crippen LogP contribution is -2.11. The predicted octanol–water partition coefficient (Wildman–Crippen LogP) is 5.29. The van der Waals surface area contributed by atoms with E-state index >= 15 is 0 Å². The molecule has 1 amide bonds. The summed E-state index contributed by atoms with van der Waals surface area (Å²) in [6.07, 6.45) is 0.969. The first-order valence-electron chi connectivity index (χ1n) is 6.01. The largest absolute Gasteiger partial charge is 0.322 e. The first-order valence-corrected chi connectivity index (χ1v) is 8.30. The highest BCUT2D eigenvalue weighted by molar-refractivity contribution is 9.10. The molecule has 0 aromatic heterocycles. The van der Waals surface area contributed by atoms with Crippen LogP contribution in [0.4, 0.5) is 5.69 Å². The number of anilines is 1. The van der Waals surface area contributed by atoms with Crippen molar-refractivity contribution < 1.29 is 4.79 Å². The van der Waals surface area contributed by atoms with Gasteiger partial charge in [-0.15, -0.1) is 0 Å². The number of nitrogens with one attached hydrogen (secondary N) is 1. The lowest BCUT2D eigenvalue weighted by atomic mass is 10.1. The minimum absolute atomic E-state index is 0.173. The monoisotopic (exact) mass is 415 g/mol. The van der Waals surface area contributed by atoms with Gasteiger partial charge >= 0.3 is 0 Å². The van der Waals surface area contributed by atoms with Gasteiger partial charge in [-0.25, -0.2) is 0 Å². The smallest absolute Gasteiger partial charge is 0.255 e. The Morgan fingerprint density at radius 3 is 2.45 bits per heavy atom. The lowest BCUT2D eigenvalue weighted by molar-refractivity contribution is 0.102. The normalized spacial score (nSPS) is 10.3. The van der Waals surface area contributed by atoms with Crippen LogP contribution in [-0.4, -0.2) is 11.2 Å². The van der Waals surface area contributed by atoms with Gasteiger partial charge in [-0.2, -0.15) is 0 Å². The van der Waals surface area contributed by atoms with Crippen molar-refractivity contribution in [3.05, 3.63) is 63.1 Å². The number of alkyl halides is 1. The van der Waals surface area contributed by atoms with Crippen LogP contribution in [0.3, 0.4) is 0 Å². The van der Waals surface area contributed by atoms with Crippen molar-refractivity contribution in [1.82, 2.24) is 0 Å². The molecule has 0 aliphatic heterocycles. The second-order valence-electron chi connectivity index (χ2n) is 4.22. The van der Waals surface area contributed by atoms with Gasteiger partial charge in [0.25, 0.3) is 5.91 Å². The third-order valence-corrected chi connectivity index (χ3v) is 4.41. The molecule has 0 fully saturated rings. The zero-order chi connectivity index (χ0) is 14.5. The number of aryl methyl sites for hydroxylation is 1. The molecule has 0 atom stereocenters. The first kappa shape index (κ1) is 15.5. The van der Waals surface area contributed by atoms with Gasteiger partial charge in [-0.1, -0.05) is 39.7 Å². The van der Waals surface area contributed by atoms with E-state index in [1.165, 1.54) is 5.56 Å². The van der Waals surface area contributed by atoms with Gasteiger partial charge in [0.2, 0.25) is 0 Å². The molecule has 0 heterocycles. The van der Waals surface area contributed by atoms with Crippen molar-refractivity contribution in [3.63, 3.8) is 0 Å². The number of amides is 1. The summed E-state index contributed by atoms with van der Waals surface area (Å²) in [5.41, 5.74) is 2.53. The maximum atomic E-state index is 12.1. The predicted molar refractivity (Wildman–Crippen MR) is 91.0 cm³/mol. The van der Waals surface area contributed by atoms with Crippen LogP contribution in [-0.2, 0) is 6.42 Å². The second kappa shape index (κ2) is 7.25. The Morgan fingerprint density at radius 2 is 1.85 bits per heavy atom. The zero-order valence-electron chi connectivity index (χ0n) is 10.5. The highest BCUT2D eigenvalue weighted by Crippen LogP contribution is 2.23. The molecule has 2 aromatic rings. The van der Waals surface area contributed by atoms with Gasteiger partial charge in [0.05, 0.1) is 5.02 Å². The molecule has 0 aliphatic carbocycles. The van der Waals surface area contributed by atoms with E-state index in [9.17, 15) is 4.79 Å². The Balaban J connectivity index is 2.08. The highest BCUT2D eigenvalue weighted by Gasteiger charge is 2.08. The van der Waals surface area contributed by atoms with Crippen molar-refractivity contribution >= 4 is 55.1 Å². The number of carbonyl (C=O) groups is 1.